The standard InChI is InChI=1S/C20H24N2.C2H6.5CH4/c1-9-11(3)17-13(5)14(6)18-12(4)10(2)16(8)22-20(18)19(17)21-15(9)7;1-2;;;;;/h1-8H3;1-2H3;5*1H4. The molecule has 0 saturated carbocycles. The Morgan fingerprint density at radius 2 is 0.586 bits per heavy atom. The smallest absolute Gasteiger partial charge is 0.0973 e. The average Bonchev–Trinajstić information content (AvgIpc) is 2.56. The van der Waals surface area contributed by atoms with Crippen LogP contribution < -0.4 is 0 Å². The lowest BCUT2D eigenvalue weighted by Crippen LogP contribution is -2.03. The van der Waals surface area contributed by atoms with Crippen molar-refractivity contribution < 1.29 is 0 Å². The summed E-state index contributed by atoms with van der Waals surface area (Å²) >= 11 is 0. The van der Waals surface area contributed by atoms with Gasteiger partial charge in [0.05, 0.1) is 11.0 Å². The highest BCUT2D eigenvalue weighted by molar-refractivity contribution is 6.09. The second kappa shape index (κ2) is 12.6. The van der Waals surface area contributed by atoms with Gasteiger partial charge in [-0.25, -0.2) is 0 Å². The summed E-state index contributed by atoms with van der Waals surface area (Å²) in [6, 6.07) is 0. The van der Waals surface area contributed by atoms with Gasteiger partial charge in [0.25, 0.3) is 0 Å². The highest BCUT2D eigenvalue weighted by atomic mass is 14.8. The number of benzene rings is 1. The lowest BCUT2D eigenvalue weighted by Gasteiger charge is -2.18. The van der Waals surface area contributed by atoms with E-state index >= 15 is 0 Å². The lowest BCUT2D eigenvalue weighted by molar-refractivity contribution is 1.14. The summed E-state index contributed by atoms with van der Waals surface area (Å²) in [7, 11) is 0. The first kappa shape index (κ1) is 34.5. The molecule has 2 aromatic heterocycles. The SMILES string of the molecule is C.C.C.C.C.CC.Cc1nc2c(c(C)c1C)c(C)c(C)c1c(C)c(C)c(C)nc12. The Balaban J connectivity index is -0.000000433. The van der Waals surface area contributed by atoms with Gasteiger partial charge in [0, 0.05) is 22.2 Å². The van der Waals surface area contributed by atoms with Crippen LogP contribution in [0.3, 0.4) is 0 Å². The Bertz CT molecular complexity index is 872. The topological polar surface area (TPSA) is 25.8 Å². The van der Waals surface area contributed by atoms with Gasteiger partial charge >= 0.3 is 0 Å². The molecule has 0 saturated heterocycles. The van der Waals surface area contributed by atoms with E-state index in [-0.39, 0.29) is 37.1 Å². The van der Waals surface area contributed by atoms with Gasteiger partial charge in [0.1, 0.15) is 0 Å². The van der Waals surface area contributed by atoms with Gasteiger partial charge in [-0.1, -0.05) is 51.0 Å². The zero-order valence-electron chi connectivity index (χ0n) is 16.9. The van der Waals surface area contributed by atoms with E-state index in [1.807, 2.05) is 13.8 Å². The first-order valence-electron chi connectivity index (χ1n) is 8.89. The molecule has 0 amide bonds. The third-order valence-electron chi connectivity index (χ3n) is 5.53. The molecule has 0 fully saturated rings. The van der Waals surface area contributed by atoms with Crippen molar-refractivity contribution in [2.45, 2.75) is 106 Å². The van der Waals surface area contributed by atoms with Crippen molar-refractivity contribution in [3.8, 4) is 0 Å². The Kier molecular flexibility index (Phi) is 15.0. The number of hydrogen-bond acceptors (Lipinski definition) is 2. The number of pyridine rings is 2. The molecule has 2 heterocycles. The van der Waals surface area contributed by atoms with Gasteiger partial charge in [-0.05, 0) is 88.8 Å². The van der Waals surface area contributed by atoms with Crippen LogP contribution in [0, 0.1) is 55.4 Å². The number of aromatic nitrogens is 2. The molecule has 0 atom stereocenters. The molecule has 1 aromatic carbocycles. The van der Waals surface area contributed by atoms with Crippen LogP contribution in [0.2, 0.25) is 0 Å². The van der Waals surface area contributed by atoms with E-state index in [4.69, 9.17) is 9.97 Å². The van der Waals surface area contributed by atoms with Gasteiger partial charge in [-0.15, -0.1) is 0 Å². The summed E-state index contributed by atoms with van der Waals surface area (Å²) < 4.78 is 0. The van der Waals surface area contributed by atoms with Gasteiger partial charge in [0.2, 0.25) is 0 Å². The van der Waals surface area contributed by atoms with Gasteiger partial charge in [-0.2, -0.15) is 0 Å². The van der Waals surface area contributed by atoms with Crippen LogP contribution in [-0.2, 0) is 0 Å². The van der Waals surface area contributed by atoms with Crippen molar-refractivity contribution in [1.82, 2.24) is 9.97 Å². The maximum Gasteiger partial charge on any atom is 0.0973 e. The molecule has 0 spiro atoms. The Hall–Kier alpha value is -1.96. The van der Waals surface area contributed by atoms with Crippen molar-refractivity contribution >= 4 is 21.8 Å². The highest BCUT2D eigenvalue weighted by Gasteiger charge is 2.18. The van der Waals surface area contributed by atoms with Crippen LogP contribution in [0.25, 0.3) is 21.8 Å². The first-order valence-corrected chi connectivity index (χ1v) is 8.89. The Morgan fingerprint density at radius 3 is 0.828 bits per heavy atom. The van der Waals surface area contributed by atoms with Crippen LogP contribution in [-0.4, -0.2) is 9.97 Å². The fraction of sp³-hybridized carbons (Fsp3) is 0.556. The third kappa shape index (κ3) is 5.15. The maximum absolute atomic E-state index is 4.92. The van der Waals surface area contributed by atoms with Crippen molar-refractivity contribution in [3.05, 3.63) is 44.8 Å². The second-order valence-electron chi connectivity index (χ2n) is 6.59. The Morgan fingerprint density at radius 1 is 0.379 bits per heavy atom. The molecule has 0 aliphatic heterocycles. The van der Waals surface area contributed by atoms with E-state index in [1.165, 1.54) is 44.2 Å². The zero-order valence-corrected chi connectivity index (χ0v) is 16.9. The van der Waals surface area contributed by atoms with Gasteiger partial charge in [0.15, 0.2) is 0 Å². The number of nitrogens with zero attached hydrogens (tertiary/aromatic N) is 2. The minimum absolute atomic E-state index is 0. The third-order valence-corrected chi connectivity index (χ3v) is 5.53. The summed E-state index contributed by atoms with van der Waals surface area (Å²) in [5, 5.41) is 2.56. The fourth-order valence-electron chi connectivity index (χ4n) is 3.52. The summed E-state index contributed by atoms with van der Waals surface area (Å²) in [4.78, 5) is 9.83. The van der Waals surface area contributed by atoms with E-state index in [0.29, 0.717) is 0 Å². The summed E-state index contributed by atoms with van der Waals surface area (Å²) in [6.07, 6.45) is 0. The molecule has 0 unspecified atom stereocenters. The molecule has 29 heavy (non-hydrogen) atoms. The van der Waals surface area contributed by atoms with E-state index in [0.717, 1.165) is 22.4 Å². The van der Waals surface area contributed by atoms with E-state index in [1.54, 1.807) is 0 Å². The molecule has 3 aromatic rings. The van der Waals surface area contributed by atoms with E-state index < -0.39 is 0 Å². The van der Waals surface area contributed by atoms with Gasteiger partial charge in [-0.3, -0.25) is 9.97 Å². The minimum atomic E-state index is 0. The molecule has 0 aliphatic rings. The molecule has 0 radical (unpaired) electrons. The summed E-state index contributed by atoms with van der Waals surface area (Å²) in [5.74, 6) is 0. The average molecular weight is 403 g/mol. The monoisotopic (exact) mass is 402 g/mol. The van der Waals surface area contributed by atoms with Crippen LogP contribution in [0.5, 0.6) is 0 Å². The van der Waals surface area contributed by atoms with Crippen molar-refractivity contribution in [2.75, 3.05) is 0 Å². The molecule has 0 bridgehead atoms. The van der Waals surface area contributed by atoms with Crippen LogP contribution in [0.1, 0.15) is 95.7 Å². The quantitative estimate of drug-likeness (QED) is 0.350. The number of fused-ring (bicyclic) bond motifs is 3. The van der Waals surface area contributed by atoms with Crippen LogP contribution in [0.15, 0.2) is 0 Å². The molecule has 2 nitrogen and oxygen atoms in total. The second-order valence-corrected chi connectivity index (χ2v) is 6.59. The number of rotatable bonds is 0. The minimum Gasteiger partial charge on any atom is -0.251 e. The molecular formula is C27H50N2. The molecular weight excluding hydrogens is 352 g/mol. The molecule has 0 N–H and O–H groups in total. The van der Waals surface area contributed by atoms with E-state index in [2.05, 4.69) is 55.4 Å². The predicted octanol–water partition coefficient (Wildman–Crippen LogP) is 9.46. The summed E-state index contributed by atoms with van der Waals surface area (Å²) in [5.41, 5.74) is 12.2. The van der Waals surface area contributed by atoms with Gasteiger partial charge < -0.3 is 0 Å². The van der Waals surface area contributed by atoms with Crippen molar-refractivity contribution in [1.29, 1.82) is 0 Å². The van der Waals surface area contributed by atoms with Crippen molar-refractivity contribution in [3.63, 3.8) is 0 Å². The largest absolute Gasteiger partial charge is 0.251 e. The zero-order chi connectivity index (χ0) is 18.3. The summed E-state index contributed by atoms with van der Waals surface area (Å²) in [6.45, 7) is 21.4. The predicted molar refractivity (Wildman–Crippen MR) is 140 cm³/mol. The first-order chi connectivity index (χ1) is 11.3. The molecule has 168 valence electrons. The molecule has 0 aliphatic carbocycles. The van der Waals surface area contributed by atoms with Crippen molar-refractivity contribution in [2.24, 2.45) is 0 Å². The maximum atomic E-state index is 4.92. The lowest BCUT2D eigenvalue weighted by atomic mass is 9.90. The fourth-order valence-corrected chi connectivity index (χ4v) is 3.52. The molecule has 2 heteroatoms. The normalized spacial score (nSPS) is 9.03. The van der Waals surface area contributed by atoms with Crippen LogP contribution >= 0.6 is 0 Å². The Labute approximate surface area is 183 Å². The number of hydrogen-bond donors (Lipinski definition) is 0. The van der Waals surface area contributed by atoms with E-state index in [9.17, 15) is 0 Å². The van der Waals surface area contributed by atoms with Crippen LogP contribution in [0.4, 0.5) is 0 Å². The number of aryl methyl sites for hydroxylation is 6. The highest BCUT2D eigenvalue weighted by Crippen LogP contribution is 2.36. The molecule has 3 rings (SSSR count).